The lowest BCUT2D eigenvalue weighted by molar-refractivity contribution is 0.585. The highest BCUT2D eigenvalue weighted by Gasteiger charge is 2.17. The first-order valence-electron chi connectivity index (χ1n) is 6.22. The van der Waals surface area contributed by atoms with Crippen LogP contribution in [0.25, 0.3) is 6.08 Å². The molecule has 0 aromatic carbocycles. The zero-order valence-electron chi connectivity index (χ0n) is 11.8. The SMILES string of the molecule is CCNC(C)C(C)=Cc1csc(C(C)(C)C)n1. The number of nitrogens with zero attached hydrogens (tertiary/aromatic N) is 1. The molecule has 17 heavy (non-hydrogen) atoms. The number of hydrogen-bond acceptors (Lipinski definition) is 3. The normalized spacial score (nSPS) is 15.1. The Morgan fingerprint density at radius 3 is 2.65 bits per heavy atom. The Morgan fingerprint density at radius 1 is 1.53 bits per heavy atom. The van der Waals surface area contributed by atoms with Gasteiger partial charge in [-0.15, -0.1) is 11.3 Å². The van der Waals surface area contributed by atoms with Gasteiger partial charge in [-0.3, -0.25) is 0 Å². The van der Waals surface area contributed by atoms with Gasteiger partial charge in [0.2, 0.25) is 0 Å². The minimum atomic E-state index is 0.151. The van der Waals surface area contributed by atoms with Crippen LogP contribution in [0.1, 0.15) is 52.2 Å². The maximum atomic E-state index is 4.68. The van der Waals surface area contributed by atoms with Crippen LogP contribution in [-0.4, -0.2) is 17.6 Å². The molecule has 0 aliphatic rings. The molecular weight excluding hydrogens is 228 g/mol. The molecule has 0 aliphatic heterocycles. The lowest BCUT2D eigenvalue weighted by Crippen LogP contribution is -2.26. The van der Waals surface area contributed by atoms with E-state index in [9.17, 15) is 0 Å². The maximum absolute atomic E-state index is 4.68. The minimum absolute atomic E-state index is 0.151. The molecule has 0 aliphatic carbocycles. The summed E-state index contributed by atoms with van der Waals surface area (Å²) in [5, 5.41) is 6.75. The molecule has 0 amide bonds. The van der Waals surface area contributed by atoms with E-state index in [0.29, 0.717) is 6.04 Å². The van der Waals surface area contributed by atoms with E-state index in [4.69, 9.17) is 0 Å². The van der Waals surface area contributed by atoms with Gasteiger partial charge in [0.1, 0.15) is 0 Å². The van der Waals surface area contributed by atoms with Gasteiger partial charge in [0.15, 0.2) is 0 Å². The summed E-state index contributed by atoms with van der Waals surface area (Å²) in [4.78, 5) is 4.68. The van der Waals surface area contributed by atoms with Crippen LogP contribution in [0.2, 0.25) is 0 Å². The van der Waals surface area contributed by atoms with Gasteiger partial charge in [0, 0.05) is 16.8 Å². The van der Waals surface area contributed by atoms with E-state index in [1.807, 2.05) is 0 Å². The summed E-state index contributed by atoms with van der Waals surface area (Å²) >= 11 is 1.75. The van der Waals surface area contributed by atoms with E-state index in [0.717, 1.165) is 12.2 Å². The summed E-state index contributed by atoms with van der Waals surface area (Å²) in [6.07, 6.45) is 2.18. The third kappa shape index (κ3) is 4.25. The van der Waals surface area contributed by atoms with Gasteiger partial charge in [-0.25, -0.2) is 4.98 Å². The van der Waals surface area contributed by atoms with Gasteiger partial charge in [-0.05, 0) is 26.5 Å². The fraction of sp³-hybridized carbons (Fsp3) is 0.643. The Bertz CT molecular complexity index is 385. The van der Waals surface area contributed by atoms with Gasteiger partial charge in [0.05, 0.1) is 10.7 Å². The van der Waals surface area contributed by atoms with Gasteiger partial charge in [-0.2, -0.15) is 0 Å². The molecule has 96 valence electrons. The smallest absolute Gasteiger partial charge is 0.0985 e. The van der Waals surface area contributed by atoms with E-state index in [1.54, 1.807) is 11.3 Å². The largest absolute Gasteiger partial charge is 0.311 e. The van der Waals surface area contributed by atoms with Gasteiger partial charge >= 0.3 is 0 Å². The van der Waals surface area contributed by atoms with Crippen LogP contribution >= 0.6 is 11.3 Å². The summed E-state index contributed by atoms with van der Waals surface area (Å²) in [6.45, 7) is 14.1. The van der Waals surface area contributed by atoms with Crippen molar-refractivity contribution in [2.45, 2.75) is 53.0 Å². The van der Waals surface area contributed by atoms with Crippen molar-refractivity contribution in [2.75, 3.05) is 6.54 Å². The van der Waals surface area contributed by atoms with Gasteiger partial charge in [-0.1, -0.05) is 33.3 Å². The molecule has 1 atom stereocenters. The van der Waals surface area contributed by atoms with Crippen LogP contribution in [-0.2, 0) is 5.41 Å². The number of hydrogen-bond donors (Lipinski definition) is 1. The van der Waals surface area contributed by atoms with Crippen molar-refractivity contribution in [1.82, 2.24) is 10.3 Å². The van der Waals surface area contributed by atoms with E-state index < -0.39 is 0 Å². The fourth-order valence-corrected chi connectivity index (χ4v) is 2.39. The van der Waals surface area contributed by atoms with Crippen LogP contribution in [0.5, 0.6) is 0 Å². The molecular formula is C14H24N2S. The lowest BCUT2D eigenvalue weighted by Gasteiger charge is -2.14. The Morgan fingerprint density at radius 2 is 2.18 bits per heavy atom. The van der Waals surface area contributed by atoms with Crippen molar-refractivity contribution in [2.24, 2.45) is 0 Å². The first-order chi connectivity index (χ1) is 7.84. The average Bonchev–Trinajstić information content (AvgIpc) is 2.66. The quantitative estimate of drug-likeness (QED) is 0.880. The Kier molecular flexibility index (Phi) is 4.90. The van der Waals surface area contributed by atoms with Crippen molar-refractivity contribution >= 4 is 17.4 Å². The van der Waals surface area contributed by atoms with Crippen LogP contribution in [0.4, 0.5) is 0 Å². The third-order valence-corrected chi connectivity index (χ3v) is 4.02. The number of likely N-dealkylation sites (N-methyl/N-ethyl adjacent to an activating group) is 1. The number of nitrogens with one attached hydrogen (secondary N) is 1. The summed E-state index contributed by atoms with van der Waals surface area (Å²) < 4.78 is 0. The predicted octanol–water partition coefficient (Wildman–Crippen LogP) is 3.84. The van der Waals surface area contributed by atoms with E-state index in [2.05, 4.69) is 63.3 Å². The Labute approximate surface area is 109 Å². The molecule has 0 spiro atoms. The maximum Gasteiger partial charge on any atom is 0.0985 e. The standard InChI is InChI=1S/C14H24N2S/c1-7-15-11(3)10(2)8-12-9-17-13(16-12)14(4,5)6/h8-9,11,15H,7H2,1-6H3. The van der Waals surface area contributed by atoms with Gasteiger partial charge in [0.25, 0.3) is 0 Å². The third-order valence-electron chi connectivity index (χ3n) is 2.73. The van der Waals surface area contributed by atoms with E-state index in [1.165, 1.54) is 10.6 Å². The van der Waals surface area contributed by atoms with E-state index in [-0.39, 0.29) is 5.41 Å². The zero-order chi connectivity index (χ0) is 13.1. The summed E-state index contributed by atoms with van der Waals surface area (Å²) in [5.41, 5.74) is 2.57. The summed E-state index contributed by atoms with van der Waals surface area (Å²) in [6, 6.07) is 0.416. The van der Waals surface area contributed by atoms with Crippen molar-refractivity contribution in [3.8, 4) is 0 Å². The summed E-state index contributed by atoms with van der Waals surface area (Å²) in [7, 11) is 0. The first-order valence-corrected chi connectivity index (χ1v) is 7.10. The fourth-order valence-electron chi connectivity index (χ4n) is 1.52. The van der Waals surface area contributed by atoms with Crippen LogP contribution in [0, 0.1) is 0 Å². The summed E-state index contributed by atoms with van der Waals surface area (Å²) in [5.74, 6) is 0. The molecule has 0 bridgehead atoms. The second kappa shape index (κ2) is 5.78. The predicted molar refractivity (Wildman–Crippen MR) is 77.6 cm³/mol. The van der Waals surface area contributed by atoms with E-state index >= 15 is 0 Å². The average molecular weight is 252 g/mol. The zero-order valence-corrected chi connectivity index (χ0v) is 12.6. The molecule has 1 rings (SSSR count). The number of thiazole rings is 1. The number of rotatable bonds is 4. The molecule has 1 unspecified atom stereocenters. The first kappa shape index (κ1) is 14.4. The topological polar surface area (TPSA) is 24.9 Å². The van der Waals surface area contributed by atoms with Gasteiger partial charge < -0.3 is 5.32 Å². The van der Waals surface area contributed by atoms with Crippen molar-refractivity contribution in [3.63, 3.8) is 0 Å². The lowest BCUT2D eigenvalue weighted by atomic mass is 9.98. The second-order valence-electron chi connectivity index (χ2n) is 5.50. The Balaban J connectivity index is 2.81. The van der Waals surface area contributed by atoms with Crippen molar-refractivity contribution < 1.29 is 0 Å². The monoisotopic (exact) mass is 252 g/mol. The molecule has 3 heteroatoms. The minimum Gasteiger partial charge on any atom is -0.311 e. The van der Waals surface area contributed by atoms with Crippen molar-refractivity contribution in [1.29, 1.82) is 0 Å². The van der Waals surface area contributed by atoms with Crippen LogP contribution in [0.15, 0.2) is 11.0 Å². The second-order valence-corrected chi connectivity index (χ2v) is 6.35. The molecule has 1 heterocycles. The molecule has 1 aromatic heterocycles. The van der Waals surface area contributed by atoms with Crippen molar-refractivity contribution in [3.05, 3.63) is 21.7 Å². The highest BCUT2D eigenvalue weighted by molar-refractivity contribution is 7.09. The van der Waals surface area contributed by atoms with Crippen LogP contribution in [0.3, 0.4) is 0 Å². The highest BCUT2D eigenvalue weighted by atomic mass is 32.1. The Hall–Kier alpha value is -0.670. The molecule has 2 nitrogen and oxygen atoms in total. The number of aromatic nitrogens is 1. The molecule has 0 saturated heterocycles. The molecule has 0 saturated carbocycles. The molecule has 0 fully saturated rings. The van der Waals surface area contributed by atoms with Crippen LogP contribution < -0.4 is 5.32 Å². The molecule has 1 N–H and O–H groups in total. The highest BCUT2D eigenvalue weighted by Crippen LogP contribution is 2.26. The molecule has 0 radical (unpaired) electrons. The molecule has 1 aromatic rings.